The fourth-order valence-electron chi connectivity index (χ4n) is 2.60. The molecule has 1 aliphatic rings. The van der Waals surface area contributed by atoms with Crippen LogP contribution in [0.2, 0.25) is 0 Å². The SMILES string of the molecule is COc1ccc(-n2cc([C@@H](C)NC3CSCCSC3)cn2)cc1. The van der Waals surface area contributed by atoms with Crippen molar-refractivity contribution in [2.45, 2.75) is 19.0 Å². The highest BCUT2D eigenvalue weighted by Gasteiger charge is 2.17. The van der Waals surface area contributed by atoms with Gasteiger partial charge >= 0.3 is 0 Å². The first-order valence-corrected chi connectivity index (χ1v) is 10.2. The van der Waals surface area contributed by atoms with Gasteiger partial charge < -0.3 is 10.1 Å². The first kappa shape index (κ1) is 16.7. The second-order valence-electron chi connectivity index (χ2n) is 5.65. The lowest BCUT2D eigenvalue weighted by atomic mass is 10.1. The molecule has 3 rings (SSSR count). The van der Waals surface area contributed by atoms with Crippen LogP contribution in [0, 0.1) is 0 Å². The molecule has 1 aromatic carbocycles. The molecule has 0 spiro atoms. The minimum absolute atomic E-state index is 0.311. The summed E-state index contributed by atoms with van der Waals surface area (Å²) in [4.78, 5) is 0. The summed E-state index contributed by atoms with van der Waals surface area (Å²) in [6.45, 7) is 2.22. The largest absolute Gasteiger partial charge is 0.497 e. The van der Waals surface area contributed by atoms with E-state index in [1.165, 1.54) is 28.6 Å². The monoisotopic (exact) mass is 349 g/mol. The van der Waals surface area contributed by atoms with Crippen molar-refractivity contribution >= 4 is 23.5 Å². The molecule has 2 aromatic rings. The molecule has 124 valence electrons. The summed E-state index contributed by atoms with van der Waals surface area (Å²) in [6, 6.07) is 8.84. The van der Waals surface area contributed by atoms with E-state index >= 15 is 0 Å². The molecule has 23 heavy (non-hydrogen) atoms. The Morgan fingerprint density at radius 1 is 1.22 bits per heavy atom. The number of ether oxygens (including phenoxy) is 1. The van der Waals surface area contributed by atoms with E-state index in [4.69, 9.17) is 4.74 Å². The maximum absolute atomic E-state index is 5.20. The normalized spacial score (nSPS) is 17.7. The van der Waals surface area contributed by atoms with Crippen LogP contribution >= 0.6 is 23.5 Å². The van der Waals surface area contributed by atoms with Crippen molar-refractivity contribution in [3.8, 4) is 11.4 Å². The number of methoxy groups -OCH3 is 1. The van der Waals surface area contributed by atoms with E-state index in [1.807, 2.05) is 35.1 Å². The lowest BCUT2D eigenvalue weighted by molar-refractivity contribution is 0.414. The zero-order chi connectivity index (χ0) is 16.1. The van der Waals surface area contributed by atoms with Crippen LogP contribution in [0.25, 0.3) is 5.69 Å². The number of hydrogen-bond donors (Lipinski definition) is 1. The Labute approximate surface area is 146 Å². The van der Waals surface area contributed by atoms with Crippen LogP contribution in [0.1, 0.15) is 18.5 Å². The van der Waals surface area contributed by atoms with Gasteiger partial charge in [-0.3, -0.25) is 0 Å². The number of nitrogens with zero attached hydrogens (tertiary/aromatic N) is 2. The Kier molecular flexibility index (Phi) is 5.91. The second kappa shape index (κ2) is 8.13. The average Bonchev–Trinajstić information content (AvgIpc) is 2.94. The molecule has 1 aromatic heterocycles. The highest BCUT2D eigenvalue weighted by molar-refractivity contribution is 8.03. The van der Waals surface area contributed by atoms with Crippen molar-refractivity contribution in [3.63, 3.8) is 0 Å². The summed E-state index contributed by atoms with van der Waals surface area (Å²) in [5.74, 6) is 5.80. The third-order valence-corrected chi connectivity index (χ3v) is 6.46. The standard InChI is InChI=1S/C17H23N3OS2/c1-13(19-15-11-22-7-8-23-12-15)14-9-18-20(10-14)16-3-5-17(21-2)6-4-16/h3-6,9-10,13,15,19H,7-8,11-12H2,1-2H3/t13-/m1/s1. The van der Waals surface area contributed by atoms with Gasteiger partial charge in [0, 0.05) is 46.9 Å². The van der Waals surface area contributed by atoms with Crippen LogP contribution in [-0.2, 0) is 0 Å². The predicted molar refractivity (Wildman–Crippen MR) is 100 cm³/mol. The van der Waals surface area contributed by atoms with Crippen LogP contribution in [-0.4, -0.2) is 45.9 Å². The van der Waals surface area contributed by atoms with Gasteiger partial charge in [-0.2, -0.15) is 28.6 Å². The van der Waals surface area contributed by atoms with E-state index in [2.05, 4.69) is 47.1 Å². The highest BCUT2D eigenvalue weighted by Crippen LogP contribution is 2.21. The van der Waals surface area contributed by atoms with E-state index in [-0.39, 0.29) is 0 Å². The molecule has 1 aliphatic heterocycles. The van der Waals surface area contributed by atoms with Gasteiger partial charge in [0.15, 0.2) is 0 Å². The van der Waals surface area contributed by atoms with Gasteiger partial charge in [-0.15, -0.1) is 0 Å². The summed E-state index contributed by atoms with van der Waals surface area (Å²) in [5, 5.41) is 8.24. The van der Waals surface area contributed by atoms with Crippen LogP contribution < -0.4 is 10.1 Å². The van der Waals surface area contributed by atoms with Gasteiger partial charge in [-0.1, -0.05) is 0 Å². The molecule has 4 nitrogen and oxygen atoms in total. The number of thioether (sulfide) groups is 2. The predicted octanol–water partition coefficient (Wildman–Crippen LogP) is 3.38. The van der Waals surface area contributed by atoms with E-state index in [9.17, 15) is 0 Å². The molecule has 0 bridgehead atoms. The zero-order valence-electron chi connectivity index (χ0n) is 13.6. The van der Waals surface area contributed by atoms with Crippen molar-refractivity contribution in [2.75, 3.05) is 30.1 Å². The molecular formula is C17H23N3OS2. The minimum atomic E-state index is 0.311. The van der Waals surface area contributed by atoms with Crippen LogP contribution in [0.3, 0.4) is 0 Å². The first-order chi connectivity index (χ1) is 11.3. The maximum Gasteiger partial charge on any atom is 0.119 e. The summed E-state index contributed by atoms with van der Waals surface area (Å²) >= 11 is 4.10. The van der Waals surface area contributed by atoms with Gasteiger partial charge in [0.1, 0.15) is 5.75 Å². The fourth-order valence-corrected chi connectivity index (χ4v) is 5.02. The Hall–Kier alpha value is -1.11. The molecule has 0 aliphatic carbocycles. The molecule has 6 heteroatoms. The van der Waals surface area contributed by atoms with Crippen molar-refractivity contribution in [3.05, 3.63) is 42.2 Å². The van der Waals surface area contributed by atoms with E-state index in [0.717, 1.165) is 11.4 Å². The van der Waals surface area contributed by atoms with Crippen molar-refractivity contribution in [1.82, 2.24) is 15.1 Å². The number of rotatable bonds is 5. The molecule has 0 amide bonds. The molecule has 1 fully saturated rings. The summed E-state index contributed by atoms with van der Waals surface area (Å²) in [7, 11) is 1.68. The fraction of sp³-hybridized carbons (Fsp3) is 0.471. The molecule has 1 atom stereocenters. The van der Waals surface area contributed by atoms with Gasteiger partial charge in [0.05, 0.1) is 19.0 Å². The van der Waals surface area contributed by atoms with Gasteiger partial charge in [-0.25, -0.2) is 4.68 Å². The molecular weight excluding hydrogens is 326 g/mol. The van der Waals surface area contributed by atoms with Gasteiger partial charge in [0.25, 0.3) is 0 Å². The molecule has 2 heterocycles. The van der Waals surface area contributed by atoms with E-state index in [1.54, 1.807) is 7.11 Å². The molecule has 1 saturated heterocycles. The van der Waals surface area contributed by atoms with E-state index < -0.39 is 0 Å². The lowest BCUT2D eigenvalue weighted by Gasteiger charge is -2.20. The highest BCUT2D eigenvalue weighted by atomic mass is 32.2. The van der Waals surface area contributed by atoms with Crippen molar-refractivity contribution < 1.29 is 4.74 Å². The number of hydrogen-bond acceptors (Lipinski definition) is 5. The molecule has 0 unspecified atom stereocenters. The second-order valence-corrected chi connectivity index (χ2v) is 7.95. The van der Waals surface area contributed by atoms with Crippen LogP contribution in [0.5, 0.6) is 5.75 Å². The smallest absolute Gasteiger partial charge is 0.119 e. The molecule has 0 saturated carbocycles. The first-order valence-electron chi connectivity index (χ1n) is 7.87. The van der Waals surface area contributed by atoms with Gasteiger partial charge in [-0.05, 0) is 31.2 Å². The molecule has 1 N–H and O–H groups in total. The lowest BCUT2D eigenvalue weighted by Crippen LogP contribution is -2.35. The maximum atomic E-state index is 5.20. The van der Waals surface area contributed by atoms with Crippen molar-refractivity contribution in [1.29, 1.82) is 0 Å². The van der Waals surface area contributed by atoms with Crippen LogP contribution in [0.4, 0.5) is 0 Å². The Morgan fingerprint density at radius 2 is 1.91 bits per heavy atom. The van der Waals surface area contributed by atoms with Gasteiger partial charge in [0.2, 0.25) is 0 Å². The molecule has 0 radical (unpaired) electrons. The number of nitrogens with one attached hydrogen (secondary N) is 1. The summed E-state index contributed by atoms with van der Waals surface area (Å²) < 4.78 is 7.12. The average molecular weight is 350 g/mol. The van der Waals surface area contributed by atoms with E-state index in [0.29, 0.717) is 12.1 Å². The zero-order valence-corrected chi connectivity index (χ0v) is 15.2. The van der Waals surface area contributed by atoms with Crippen LogP contribution in [0.15, 0.2) is 36.7 Å². The Morgan fingerprint density at radius 3 is 2.57 bits per heavy atom. The third kappa shape index (κ3) is 4.46. The Balaban J connectivity index is 1.65. The quantitative estimate of drug-likeness (QED) is 0.896. The van der Waals surface area contributed by atoms with Crippen molar-refractivity contribution in [2.24, 2.45) is 0 Å². The Bertz CT molecular complexity index is 607. The summed E-state index contributed by atoms with van der Waals surface area (Å²) in [6.07, 6.45) is 4.06. The topological polar surface area (TPSA) is 39.1 Å². The third-order valence-electron chi connectivity index (χ3n) is 3.94. The minimum Gasteiger partial charge on any atom is -0.497 e. The number of aromatic nitrogens is 2. The number of benzene rings is 1. The summed E-state index contributed by atoms with van der Waals surface area (Å²) in [5.41, 5.74) is 2.27.